The van der Waals surface area contributed by atoms with Crippen molar-refractivity contribution in [2.24, 2.45) is 7.05 Å². The lowest BCUT2D eigenvalue weighted by atomic mass is 10.3. The van der Waals surface area contributed by atoms with Gasteiger partial charge in [0, 0.05) is 13.1 Å². The highest BCUT2D eigenvalue weighted by Crippen LogP contribution is 2.17. The first kappa shape index (κ1) is 15.7. The van der Waals surface area contributed by atoms with Gasteiger partial charge in [-0.2, -0.15) is 5.10 Å². The summed E-state index contributed by atoms with van der Waals surface area (Å²) in [6.07, 6.45) is 3.27. The summed E-state index contributed by atoms with van der Waals surface area (Å²) >= 11 is 0. The zero-order chi connectivity index (χ0) is 18.1. The molecular formula is C18H14N6O2. The molecule has 0 atom stereocenters. The van der Waals surface area contributed by atoms with Crippen LogP contribution in [-0.4, -0.2) is 30.2 Å². The molecule has 0 spiro atoms. The Morgan fingerprint density at radius 1 is 1.04 bits per heavy atom. The second-order valence-corrected chi connectivity index (χ2v) is 5.64. The number of pyridine rings is 1. The summed E-state index contributed by atoms with van der Waals surface area (Å²) in [4.78, 5) is 32.3. The van der Waals surface area contributed by atoms with E-state index in [9.17, 15) is 9.59 Å². The number of nitrogens with one attached hydrogen (secondary N) is 1. The standard InChI is InChI=1S/C18H14N6O2/c1-23-17(25)9-7-14(22-23)18(26)21-12-6-8-16(19-10-12)24-11-20-13-4-2-3-5-15(13)24/h2-11H,1H3,(H,21,26). The quantitative estimate of drug-likeness (QED) is 0.610. The average Bonchev–Trinajstić information content (AvgIpc) is 3.09. The van der Waals surface area contributed by atoms with Gasteiger partial charge in [-0.25, -0.2) is 14.6 Å². The molecule has 0 aliphatic rings. The Kier molecular flexibility index (Phi) is 3.77. The van der Waals surface area contributed by atoms with Gasteiger partial charge in [-0.15, -0.1) is 0 Å². The summed E-state index contributed by atoms with van der Waals surface area (Å²) in [5.41, 5.74) is 2.23. The van der Waals surface area contributed by atoms with Gasteiger partial charge in [-0.3, -0.25) is 14.2 Å². The van der Waals surface area contributed by atoms with Crippen LogP contribution in [-0.2, 0) is 7.05 Å². The van der Waals surface area contributed by atoms with Crippen LogP contribution in [0, 0.1) is 0 Å². The van der Waals surface area contributed by atoms with Gasteiger partial charge in [0.1, 0.15) is 17.8 Å². The third-order valence-corrected chi connectivity index (χ3v) is 3.90. The van der Waals surface area contributed by atoms with Crippen molar-refractivity contribution in [3.05, 3.63) is 77.1 Å². The lowest BCUT2D eigenvalue weighted by Crippen LogP contribution is -2.23. The average molecular weight is 346 g/mol. The molecule has 1 aromatic carbocycles. The normalized spacial score (nSPS) is 10.8. The molecule has 0 aliphatic heterocycles. The molecule has 1 N–H and O–H groups in total. The number of carbonyl (C=O) groups excluding carboxylic acids is 1. The number of anilines is 1. The van der Waals surface area contributed by atoms with Crippen molar-refractivity contribution in [1.29, 1.82) is 0 Å². The number of nitrogens with zero attached hydrogens (tertiary/aromatic N) is 5. The van der Waals surface area contributed by atoms with Crippen molar-refractivity contribution in [3.63, 3.8) is 0 Å². The predicted octanol–water partition coefficient (Wildman–Crippen LogP) is 1.77. The first-order chi connectivity index (χ1) is 12.6. The fourth-order valence-corrected chi connectivity index (χ4v) is 2.56. The number of carbonyl (C=O) groups is 1. The van der Waals surface area contributed by atoms with Gasteiger partial charge < -0.3 is 5.32 Å². The Morgan fingerprint density at radius 2 is 1.88 bits per heavy atom. The summed E-state index contributed by atoms with van der Waals surface area (Å²) in [6, 6.07) is 14.0. The van der Waals surface area contributed by atoms with E-state index in [4.69, 9.17) is 0 Å². The number of rotatable bonds is 3. The molecule has 3 heterocycles. The third-order valence-electron chi connectivity index (χ3n) is 3.90. The second kappa shape index (κ2) is 6.25. The molecule has 0 saturated heterocycles. The fraction of sp³-hybridized carbons (Fsp3) is 0.0556. The summed E-state index contributed by atoms with van der Waals surface area (Å²) in [5.74, 6) is 0.278. The van der Waals surface area contributed by atoms with E-state index >= 15 is 0 Å². The van der Waals surface area contributed by atoms with Gasteiger partial charge in [0.25, 0.3) is 11.5 Å². The SMILES string of the molecule is Cn1nc(C(=O)Nc2ccc(-n3cnc4ccccc43)nc2)ccc1=O. The van der Waals surface area contributed by atoms with Crippen LogP contribution in [0.5, 0.6) is 0 Å². The lowest BCUT2D eigenvalue weighted by Gasteiger charge is -2.07. The minimum atomic E-state index is -0.414. The molecule has 0 radical (unpaired) electrons. The summed E-state index contributed by atoms with van der Waals surface area (Å²) in [6.45, 7) is 0. The van der Waals surface area contributed by atoms with Gasteiger partial charge in [-0.05, 0) is 30.3 Å². The molecule has 4 rings (SSSR count). The molecular weight excluding hydrogens is 332 g/mol. The number of aryl methyl sites for hydroxylation is 1. The minimum absolute atomic E-state index is 0.150. The number of benzene rings is 1. The molecule has 0 saturated carbocycles. The van der Waals surface area contributed by atoms with Crippen LogP contribution in [0.25, 0.3) is 16.9 Å². The van der Waals surface area contributed by atoms with Crippen molar-refractivity contribution < 1.29 is 4.79 Å². The Hall–Kier alpha value is -3.81. The van der Waals surface area contributed by atoms with Gasteiger partial charge in [0.05, 0.1) is 22.9 Å². The predicted molar refractivity (Wildman–Crippen MR) is 96.3 cm³/mol. The number of para-hydroxylation sites is 2. The molecule has 8 heteroatoms. The Morgan fingerprint density at radius 3 is 2.65 bits per heavy atom. The van der Waals surface area contributed by atoms with Crippen LogP contribution in [0.2, 0.25) is 0 Å². The zero-order valence-corrected chi connectivity index (χ0v) is 13.8. The van der Waals surface area contributed by atoms with Crippen LogP contribution in [0.15, 0.2) is 65.8 Å². The fourth-order valence-electron chi connectivity index (χ4n) is 2.56. The molecule has 4 aromatic rings. The van der Waals surface area contributed by atoms with Crippen LogP contribution in [0.4, 0.5) is 5.69 Å². The summed E-state index contributed by atoms with van der Waals surface area (Å²) in [5, 5.41) is 6.63. The van der Waals surface area contributed by atoms with Crippen molar-refractivity contribution in [2.45, 2.75) is 0 Å². The molecule has 0 unspecified atom stereocenters. The molecule has 3 aromatic heterocycles. The van der Waals surface area contributed by atoms with E-state index in [1.54, 1.807) is 24.7 Å². The highest BCUT2D eigenvalue weighted by atomic mass is 16.2. The Bertz CT molecular complexity index is 1160. The number of hydrogen-bond donors (Lipinski definition) is 1. The first-order valence-electron chi connectivity index (χ1n) is 7.86. The molecule has 0 bridgehead atoms. The largest absolute Gasteiger partial charge is 0.319 e. The number of hydrogen-bond acceptors (Lipinski definition) is 5. The first-order valence-corrected chi connectivity index (χ1v) is 7.86. The van der Waals surface area contributed by atoms with Crippen molar-refractivity contribution in [2.75, 3.05) is 5.32 Å². The van der Waals surface area contributed by atoms with Crippen LogP contribution in [0.3, 0.4) is 0 Å². The number of fused-ring (bicyclic) bond motifs is 1. The molecule has 26 heavy (non-hydrogen) atoms. The molecule has 8 nitrogen and oxygen atoms in total. The molecule has 0 aliphatic carbocycles. The van der Waals surface area contributed by atoms with Crippen LogP contribution in [0.1, 0.15) is 10.5 Å². The topological polar surface area (TPSA) is 94.7 Å². The second-order valence-electron chi connectivity index (χ2n) is 5.64. The maximum atomic E-state index is 12.2. The maximum absolute atomic E-state index is 12.2. The maximum Gasteiger partial charge on any atom is 0.276 e. The van der Waals surface area contributed by atoms with E-state index < -0.39 is 5.91 Å². The van der Waals surface area contributed by atoms with Crippen molar-refractivity contribution >= 4 is 22.6 Å². The van der Waals surface area contributed by atoms with Crippen molar-refractivity contribution in [1.82, 2.24) is 24.3 Å². The van der Waals surface area contributed by atoms with E-state index in [0.29, 0.717) is 11.5 Å². The van der Waals surface area contributed by atoms with E-state index in [0.717, 1.165) is 15.7 Å². The van der Waals surface area contributed by atoms with Gasteiger partial charge >= 0.3 is 0 Å². The number of imidazole rings is 1. The van der Waals surface area contributed by atoms with Crippen LogP contribution >= 0.6 is 0 Å². The number of aromatic nitrogens is 5. The number of amides is 1. The zero-order valence-electron chi connectivity index (χ0n) is 13.8. The monoisotopic (exact) mass is 346 g/mol. The minimum Gasteiger partial charge on any atom is -0.319 e. The highest BCUT2D eigenvalue weighted by molar-refractivity contribution is 6.02. The van der Waals surface area contributed by atoms with Gasteiger partial charge in [0.2, 0.25) is 0 Å². The van der Waals surface area contributed by atoms with E-state index in [2.05, 4.69) is 20.4 Å². The summed E-state index contributed by atoms with van der Waals surface area (Å²) < 4.78 is 2.98. The van der Waals surface area contributed by atoms with E-state index in [-0.39, 0.29) is 11.3 Å². The van der Waals surface area contributed by atoms with Crippen molar-refractivity contribution in [3.8, 4) is 5.82 Å². The molecule has 128 valence electrons. The third kappa shape index (κ3) is 2.84. The smallest absolute Gasteiger partial charge is 0.276 e. The van der Waals surface area contributed by atoms with Gasteiger partial charge in [-0.1, -0.05) is 12.1 Å². The summed E-state index contributed by atoms with van der Waals surface area (Å²) in [7, 11) is 1.49. The molecule has 1 amide bonds. The Labute approximate surface area is 147 Å². The van der Waals surface area contributed by atoms with Crippen LogP contribution < -0.4 is 10.9 Å². The van der Waals surface area contributed by atoms with Gasteiger partial charge in [0.15, 0.2) is 0 Å². The van der Waals surface area contributed by atoms with E-state index in [1.165, 1.54) is 19.2 Å². The molecule has 0 fully saturated rings. The highest BCUT2D eigenvalue weighted by Gasteiger charge is 2.10. The van der Waals surface area contributed by atoms with E-state index in [1.807, 2.05) is 28.8 Å². The lowest BCUT2D eigenvalue weighted by molar-refractivity contribution is 0.102. The Balaban J connectivity index is 1.57.